The summed E-state index contributed by atoms with van der Waals surface area (Å²) >= 11 is 5.96. The summed E-state index contributed by atoms with van der Waals surface area (Å²) in [6, 6.07) is 7.36. The van der Waals surface area contributed by atoms with Gasteiger partial charge in [0.15, 0.2) is 0 Å². The molecule has 1 aromatic carbocycles. The van der Waals surface area contributed by atoms with E-state index < -0.39 is 17.0 Å². The molecule has 25 heavy (non-hydrogen) atoms. The Morgan fingerprint density at radius 2 is 1.76 bits per heavy atom. The van der Waals surface area contributed by atoms with Crippen molar-refractivity contribution in [3.8, 4) is 0 Å². The minimum atomic E-state index is -0.743. The predicted molar refractivity (Wildman–Crippen MR) is 98.2 cm³/mol. The molecule has 0 radical (unpaired) electrons. The van der Waals surface area contributed by atoms with E-state index in [4.69, 9.17) is 21.1 Å². The largest absolute Gasteiger partial charge is 0.466 e. The molecule has 1 aliphatic rings. The number of hydrogen-bond donors (Lipinski definition) is 0. The Morgan fingerprint density at radius 1 is 1.16 bits per heavy atom. The zero-order valence-electron chi connectivity index (χ0n) is 15.4. The topological polar surface area (TPSA) is 52.6 Å². The maximum atomic E-state index is 12.7. The first-order valence-electron chi connectivity index (χ1n) is 8.35. The Morgan fingerprint density at radius 3 is 2.28 bits per heavy atom. The fourth-order valence-corrected chi connectivity index (χ4v) is 3.13. The third-order valence-electron chi connectivity index (χ3n) is 4.37. The number of hydrogen-bond acceptors (Lipinski definition) is 4. The molecule has 0 saturated carbocycles. The maximum Gasteiger partial charge on any atom is 0.334 e. The first-order chi connectivity index (χ1) is 11.6. The second-order valence-electron chi connectivity index (χ2n) is 7.69. The second kappa shape index (κ2) is 7.20. The molecule has 0 heterocycles. The van der Waals surface area contributed by atoms with Gasteiger partial charge >= 0.3 is 11.9 Å². The average Bonchev–Trinajstić information content (AvgIpc) is 2.53. The van der Waals surface area contributed by atoms with Crippen LogP contribution in [0.1, 0.15) is 52.5 Å². The second-order valence-corrected chi connectivity index (χ2v) is 8.13. The molecule has 4 nitrogen and oxygen atoms in total. The fourth-order valence-electron chi connectivity index (χ4n) is 3.00. The molecule has 0 spiro atoms. The highest BCUT2D eigenvalue weighted by atomic mass is 35.5. The van der Waals surface area contributed by atoms with Crippen LogP contribution in [0.25, 0.3) is 5.57 Å². The van der Waals surface area contributed by atoms with Crippen LogP contribution in [-0.2, 0) is 19.1 Å². The first-order valence-corrected chi connectivity index (χ1v) is 8.73. The van der Waals surface area contributed by atoms with Gasteiger partial charge in [-0.15, -0.1) is 0 Å². The molecule has 136 valence electrons. The zero-order valence-corrected chi connectivity index (χ0v) is 16.2. The number of methoxy groups -OCH3 is 1. The van der Waals surface area contributed by atoms with E-state index in [-0.39, 0.29) is 5.97 Å². The van der Waals surface area contributed by atoms with Gasteiger partial charge in [-0.2, -0.15) is 0 Å². The summed E-state index contributed by atoms with van der Waals surface area (Å²) in [6.07, 6.45) is 1.51. The molecular weight excluding hydrogens is 340 g/mol. The van der Waals surface area contributed by atoms with E-state index in [0.29, 0.717) is 29.9 Å². The molecular formula is C20H25ClO4. The maximum absolute atomic E-state index is 12.7. The molecule has 1 aromatic rings. The molecule has 1 atom stereocenters. The Balaban J connectivity index is 2.39. The van der Waals surface area contributed by atoms with E-state index in [1.807, 2.05) is 39.8 Å². The van der Waals surface area contributed by atoms with E-state index in [1.54, 1.807) is 12.1 Å². The fraction of sp³-hybridized carbons (Fsp3) is 0.500. The van der Waals surface area contributed by atoms with E-state index in [2.05, 4.69) is 0 Å². The number of carbonyl (C=O) groups is 2. The van der Waals surface area contributed by atoms with Crippen LogP contribution in [0.15, 0.2) is 29.8 Å². The summed E-state index contributed by atoms with van der Waals surface area (Å²) in [5, 5.41) is 0.637. The van der Waals surface area contributed by atoms with Crippen LogP contribution in [-0.4, -0.2) is 24.6 Å². The zero-order chi connectivity index (χ0) is 18.8. The summed E-state index contributed by atoms with van der Waals surface area (Å²) in [7, 11) is 1.36. The van der Waals surface area contributed by atoms with Crippen LogP contribution in [0.5, 0.6) is 0 Å². The standard InChI is InChI=1S/C20H25ClO4/c1-19(2,3)25-18(23)20(4)11-10-15(16(12-20)17(22)24-5)13-6-8-14(21)9-7-13/h6-9H,10-12H2,1-5H3. The lowest BCUT2D eigenvalue weighted by Crippen LogP contribution is -2.38. The molecule has 0 amide bonds. The van der Waals surface area contributed by atoms with E-state index in [0.717, 1.165) is 11.1 Å². The molecule has 5 heteroatoms. The van der Waals surface area contributed by atoms with Crippen molar-refractivity contribution in [2.45, 2.75) is 52.6 Å². The Kier molecular flexibility index (Phi) is 5.62. The minimum absolute atomic E-state index is 0.281. The van der Waals surface area contributed by atoms with Crippen molar-refractivity contribution in [2.24, 2.45) is 5.41 Å². The van der Waals surface area contributed by atoms with Crippen molar-refractivity contribution < 1.29 is 19.1 Å². The van der Waals surface area contributed by atoms with Gasteiger partial charge in [-0.05, 0) is 70.2 Å². The van der Waals surface area contributed by atoms with Gasteiger partial charge in [-0.1, -0.05) is 23.7 Å². The molecule has 0 aliphatic heterocycles. The van der Waals surface area contributed by atoms with Crippen molar-refractivity contribution in [1.82, 2.24) is 0 Å². The highest BCUT2D eigenvalue weighted by molar-refractivity contribution is 6.30. The van der Waals surface area contributed by atoms with Gasteiger partial charge in [0.25, 0.3) is 0 Å². The highest BCUT2D eigenvalue weighted by Gasteiger charge is 2.42. The van der Waals surface area contributed by atoms with Crippen molar-refractivity contribution in [2.75, 3.05) is 7.11 Å². The van der Waals surface area contributed by atoms with Crippen LogP contribution < -0.4 is 0 Å². The van der Waals surface area contributed by atoms with E-state index in [9.17, 15) is 9.59 Å². The van der Waals surface area contributed by atoms with Crippen molar-refractivity contribution in [3.05, 3.63) is 40.4 Å². The van der Waals surface area contributed by atoms with Crippen molar-refractivity contribution in [1.29, 1.82) is 0 Å². The smallest absolute Gasteiger partial charge is 0.334 e. The Hall–Kier alpha value is -1.81. The summed E-state index contributed by atoms with van der Waals surface area (Å²) in [5.74, 6) is -0.684. The summed E-state index contributed by atoms with van der Waals surface area (Å²) in [5.41, 5.74) is 1.06. The van der Waals surface area contributed by atoms with Gasteiger partial charge in [0.1, 0.15) is 5.60 Å². The Labute approximate surface area is 154 Å². The monoisotopic (exact) mass is 364 g/mol. The quantitative estimate of drug-likeness (QED) is 0.723. The van der Waals surface area contributed by atoms with Crippen molar-refractivity contribution in [3.63, 3.8) is 0 Å². The number of benzene rings is 1. The van der Waals surface area contributed by atoms with Crippen LogP contribution >= 0.6 is 11.6 Å². The third-order valence-corrected chi connectivity index (χ3v) is 4.63. The van der Waals surface area contributed by atoms with Gasteiger partial charge in [0.05, 0.1) is 12.5 Å². The molecule has 0 N–H and O–H groups in total. The van der Waals surface area contributed by atoms with Gasteiger partial charge in [0, 0.05) is 10.6 Å². The average molecular weight is 365 g/mol. The van der Waals surface area contributed by atoms with Crippen LogP contribution in [0, 0.1) is 5.41 Å². The molecule has 2 rings (SSSR count). The lowest BCUT2D eigenvalue weighted by molar-refractivity contribution is -0.167. The summed E-state index contributed by atoms with van der Waals surface area (Å²) < 4.78 is 10.5. The normalized spacial score (nSPS) is 21.0. The Bertz CT molecular complexity index is 697. The number of ether oxygens (including phenoxy) is 2. The van der Waals surface area contributed by atoms with Gasteiger partial charge in [-0.25, -0.2) is 4.79 Å². The first kappa shape index (κ1) is 19.5. The molecule has 0 saturated heterocycles. The summed E-state index contributed by atoms with van der Waals surface area (Å²) in [4.78, 5) is 25.0. The van der Waals surface area contributed by atoms with Crippen LogP contribution in [0.3, 0.4) is 0 Å². The molecule has 0 fully saturated rings. The summed E-state index contributed by atoms with van der Waals surface area (Å²) in [6.45, 7) is 7.37. The predicted octanol–water partition coefficient (Wildman–Crippen LogP) is 4.80. The lowest BCUT2D eigenvalue weighted by Gasteiger charge is -2.35. The van der Waals surface area contributed by atoms with E-state index in [1.165, 1.54) is 7.11 Å². The molecule has 0 aromatic heterocycles. The lowest BCUT2D eigenvalue weighted by atomic mass is 9.71. The molecule has 0 bridgehead atoms. The van der Waals surface area contributed by atoms with Crippen molar-refractivity contribution >= 4 is 29.1 Å². The van der Waals surface area contributed by atoms with Gasteiger partial charge in [0.2, 0.25) is 0 Å². The highest BCUT2D eigenvalue weighted by Crippen LogP contribution is 2.44. The number of carbonyl (C=O) groups excluding carboxylic acids is 2. The van der Waals surface area contributed by atoms with Crippen LogP contribution in [0.2, 0.25) is 5.02 Å². The number of halogens is 1. The van der Waals surface area contributed by atoms with Gasteiger partial charge < -0.3 is 9.47 Å². The number of allylic oxidation sites excluding steroid dienone is 1. The molecule has 1 aliphatic carbocycles. The number of rotatable bonds is 3. The van der Waals surface area contributed by atoms with E-state index >= 15 is 0 Å². The number of esters is 2. The third kappa shape index (κ3) is 4.63. The minimum Gasteiger partial charge on any atom is -0.466 e. The molecule has 1 unspecified atom stereocenters. The van der Waals surface area contributed by atoms with Gasteiger partial charge in [-0.3, -0.25) is 4.79 Å². The van der Waals surface area contributed by atoms with Crippen LogP contribution in [0.4, 0.5) is 0 Å². The SMILES string of the molecule is COC(=O)C1=C(c2ccc(Cl)cc2)CCC(C)(C(=O)OC(C)(C)C)C1.